The van der Waals surface area contributed by atoms with Gasteiger partial charge in [-0.15, -0.1) is 0 Å². The van der Waals surface area contributed by atoms with Crippen LogP contribution in [0, 0.1) is 5.82 Å². The Balaban J connectivity index is 2.28. The van der Waals surface area contributed by atoms with E-state index in [4.69, 9.17) is 9.47 Å². The molecule has 2 aromatic rings. The number of hydrogen-bond acceptors (Lipinski definition) is 4. The lowest BCUT2D eigenvalue weighted by Crippen LogP contribution is -1.96. The van der Waals surface area contributed by atoms with Crippen molar-refractivity contribution in [2.45, 2.75) is 0 Å². The molecule has 0 aliphatic rings. The Kier molecular flexibility index (Phi) is 3.53. The van der Waals surface area contributed by atoms with E-state index in [1.165, 1.54) is 25.4 Å². The van der Waals surface area contributed by atoms with Gasteiger partial charge in [-0.05, 0) is 28.1 Å². The Morgan fingerprint density at radius 2 is 2.06 bits per heavy atom. The molecule has 88 valence electrons. The second kappa shape index (κ2) is 5.09. The summed E-state index contributed by atoms with van der Waals surface area (Å²) in [6.45, 7) is 0. The summed E-state index contributed by atoms with van der Waals surface area (Å²) in [6, 6.07) is 6.05. The molecular weight excluding hydrogens is 291 g/mol. The summed E-state index contributed by atoms with van der Waals surface area (Å²) < 4.78 is 24.1. The fraction of sp³-hybridized carbons (Fsp3) is 0.0909. The van der Waals surface area contributed by atoms with Gasteiger partial charge in [0.05, 0.1) is 17.8 Å². The van der Waals surface area contributed by atoms with Crippen LogP contribution in [0.2, 0.25) is 0 Å². The molecule has 0 saturated heterocycles. The van der Waals surface area contributed by atoms with Crippen molar-refractivity contribution in [3.05, 3.63) is 40.8 Å². The molecule has 0 N–H and O–H groups in total. The number of methoxy groups -OCH3 is 1. The highest BCUT2D eigenvalue weighted by Gasteiger charge is 2.09. The van der Waals surface area contributed by atoms with Crippen molar-refractivity contribution in [1.29, 1.82) is 0 Å². The van der Waals surface area contributed by atoms with Crippen molar-refractivity contribution in [2.24, 2.45) is 0 Å². The molecule has 1 aromatic carbocycles. The zero-order valence-corrected chi connectivity index (χ0v) is 10.4. The van der Waals surface area contributed by atoms with E-state index in [2.05, 4.69) is 25.9 Å². The number of aromatic nitrogens is 2. The molecule has 0 spiro atoms. The molecule has 0 radical (unpaired) electrons. The van der Waals surface area contributed by atoms with Crippen LogP contribution in [0.5, 0.6) is 17.6 Å². The van der Waals surface area contributed by atoms with Crippen LogP contribution in [0.15, 0.2) is 34.9 Å². The largest absolute Gasteiger partial charge is 0.480 e. The van der Waals surface area contributed by atoms with Gasteiger partial charge in [0.1, 0.15) is 0 Å². The predicted molar refractivity (Wildman–Crippen MR) is 62.8 cm³/mol. The van der Waals surface area contributed by atoms with Gasteiger partial charge >= 0.3 is 6.01 Å². The number of rotatable bonds is 3. The van der Waals surface area contributed by atoms with Crippen LogP contribution in [0.1, 0.15) is 0 Å². The van der Waals surface area contributed by atoms with Gasteiger partial charge in [0.15, 0.2) is 11.6 Å². The van der Waals surface area contributed by atoms with E-state index in [0.717, 1.165) is 0 Å². The Labute approximate surface area is 106 Å². The molecule has 0 aliphatic carbocycles. The van der Waals surface area contributed by atoms with Gasteiger partial charge in [0.2, 0.25) is 5.88 Å². The summed E-state index contributed by atoms with van der Waals surface area (Å²) in [4.78, 5) is 7.85. The first-order chi connectivity index (χ1) is 8.20. The van der Waals surface area contributed by atoms with Gasteiger partial charge in [0.25, 0.3) is 0 Å². The van der Waals surface area contributed by atoms with Gasteiger partial charge < -0.3 is 9.47 Å². The van der Waals surface area contributed by atoms with Crippen LogP contribution in [-0.4, -0.2) is 17.1 Å². The van der Waals surface area contributed by atoms with Crippen LogP contribution < -0.4 is 9.47 Å². The summed E-state index contributed by atoms with van der Waals surface area (Å²) >= 11 is 3.21. The molecule has 2 rings (SSSR count). The van der Waals surface area contributed by atoms with Gasteiger partial charge in [0, 0.05) is 0 Å². The fourth-order valence-corrected chi connectivity index (χ4v) is 1.51. The summed E-state index contributed by atoms with van der Waals surface area (Å²) in [5.41, 5.74) is 0. The molecule has 0 amide bonds. The summed E-state index contributed by atoms with van der Waals surface area (Å²) in [7, 11) is 1.47. The third-order valence-electron chi connectivity index (χ3n) is 1.92. The Morgan fingerprint density at radius 3 is 2.76 bits per heavy atom. The normalized spacial score (nSPS) is 10.1. The smallest absolute Gasteiger partial charge is 0.325 e. The van der Waals surface area contributed by atoms with Crippen LogP contribution in [0.25, 0.3) is 0 Å². The zero-order valence-electron chi connectivity index (χ0n) is 8.85. The van der Waals surface area contributed by atoms with Gasteiger partial charge in [-0.2, -0.15) is 4.98 Å². The van der Waals surface area contributed by atoms with Gasteiger partial charge in [-0.3, -0.25) is 0 Å². The third-order valence-corrected chi connectivity index (χ3v) is 2.47. The van der Waals surface area contributed by atoms with Crippen molar-refractivity contribution in [1.82, 2.24) is 9.97 Å². The minimum absolute atomic E-state index is 0.0233. The first-order valence-electron chi connectivity index (χ1n) is 4.69. The molecule has 0 unspecified atom stereocenters. The lowest BCUT2D eigenvalue weighted by atomic mass is 10.3. The molecular formula is C11H8BrFN2O2. The first-order valence-corrected chi connectivity index (χ1v) is 5.49. The van der Waals surface area contributed by atoms with Gasteiger partial charge in [-0.25, -0.2) is 9.37 Å². The highest BCUT2D eigenvalue weighted by Crippen LogP contribution is 2.26. The highest BCUT2D eigenvalue weighted by molar-refractivity contribution is 9.10. The van der Waals surface area contributed by atoms with Crippen molar-refractivity contribution in [2.75, 3.05) is 7.11 Å². The van der Waals surface area contributed by atoms with E-state index in [-0.39, 0.29) is 11.8 Å². The minimum atomic E-state index is -0.474. The van der Waals surface area contributed by atoms with E-state index in [0.29, 0.717) is 10.4 Å². The summed E-state index contributed by atoms with van der Waals surface area (Å²) in [5, 5.41) is 0. The molecule has 17 heavy (non-hydrogen) atoms. The van der Waals surface area contributed by atoms with E-state index in [1.54, 1.807) is 12.1 Å². The second-order valence-electron chi connectivity index (χ2n) is 3.04. The topological polar surface area (TPSA) is 44.2 Å². The lowest BCUT2D eigenvalue weighted by Gasteiger charge is -2.06. The zero-order chi connectivity index (χ0) is 12.3. The summed E-state index contributed by atoms with van der Waals surface area (Å²) in [5.74, 6) is -0.0822. The maximum atomic E-state index is 13.3. The van der Waals surface area contributed by atoms with Crippen LogP contribution >= 0.6 is 15.9 Å². The number of nitrogens with zero attached hydrogens (tertiary/aromatic N) is 2. The van der Waals surface area contributed by atoms with Gasteiger partial charge in [-0.1, -0.05) is 12.1 Å². The number of ether oxygens (including phenoxy) is 2. The minimum Gasteiger partial charge on any atom is -0.480 e. The second-order valence-corrected chi connectivity index (χ2v) is 3.90. The van der Waals surface area contributed by atoms with E-state index in [9.17, 15) is 4.39 Å². The van der Waals surface area contributed by atoms with E-state index >= 15 is 0 Å². The maximum Gasteiger partial charge on any atom is 0.325 e. The summed E-state index contributed by atoms with van der Waals surface area (Å²) in [6.07, 6.45) is 1.47. The average molecular weight is 299 g/mol. The molecule has 0 saturated carbocycles. The Morgan fingerprint density at radius 1 is 1.29 bits per heavy atom. The molecule has 1 aromatic heterocycles. The molecule has 4 nitrogen and oxygen atoms in total. The molecule has 1 heterocycles. The number of para-hydroxylation sites is 1. The third kappa shape index (κ3) is 2.71. The number of hydrogen-bond donors (Lipinski definition) is 0. The molecule has 0 bridgehead atoms. The van der Waals surface area contributed by atoms with Crippen molar-refractivity contribution in [3.8, 4) is 17.6 Å². The van der Waals surface area contributed by atoms with Crippen molar-refractivity contribution in [3.63, 3.8) is 0 Å². The Bertz CT molecular complexity index is 537. The van der Waals surface area contributed by atoms with Crippen molar-refractivity contribution < 1.29 is 13.9 Å². The number of benzene rings is 1. The Hall–Kier alpha value is -1.69. The fourth-order valence-electron chi connectivity index (χ4n) is 1.15. The highest BCUT2D eigenvalue weighted by atomic mass is 79.9. The molecule has 6 heteroatoms. The van der Waals surface area contributed by atoms with E-state index in [1.807, 2.05) is 0 Å². The molecule has 0 atom stereocenters. The maximum absolute atomic E-state index is 13.3. The monoisotopic (exact) mass is 298 g/mol. The van der Waals surface area contributed by atoms with Crippen molar-refractivity contribution >= 4 is 15.9 Å². The van der Waals surface area contributed by atoms with Crippen LogP contribution in [0.4, 0.5) is 4.39 Å². The lowest BCUT2D eigenvalue weighted by molar-refractivity contribution is 0.367. The van der Waals surface area contributed by atoms with Crippen LogP contribution in [0.3, 0.4) is 0 Å². The molecule has 0 fully saturated rings. The molecule has 0 aliphatic heterocycles. The van der Waals surface area contributed by atoms with E-state index < -0.39 is 5.82 Å². The standard InChI is InChI=1S/C11H8BrFN2O2/c1-16-10-7(12)6-14-11(15-10)17-9-5-3-2-4-8(9)13/h2-6H,1H3. The first kappa shape index (κ1) is 11.8. The quantitative estimate of drug-likeness (QED) is 0.873. The average Bonchev–Trinajstić information content (AvgIpc) is 2.34. The predicted octanol–water partition coefficient (Wildman–Crippen LogP) is 3.18. The SMILES string of the molecule is COc1nc(Oc2ccccc2F)ncc1Br. The van der Waals surface area contributed by atoms with Crippen LogP contribution in [-0.2, 0) is 0 Å². The number of halogens is 2.